The second kappa shape index (κ2) is 5.14. The van der Waals surface area contributed by atoms with Gasteiger partial charge in [0.15, 0.2) is 0 Å². The molecular formula is C9H4F3N2O3S-. The van der Waals surface area contributed by atoms with E-state index in [1.807, 2.05) is 4.98 Å². The first kappa shape index (κ1) is 14.1. The average molecular weight is 277 g/mol. The number of nitriles is 1. The number of aliphatic carboxylic acids is 1. The van der Waals surface area contributed by atoms with Crippen LogP contribution in [-0.4, -0.2) is 16.7 Å². The molecule has 0 aliphatic heterocycles. The van der Waals surface area contributed by atoms with Crippen LogP contribution < -0.4 is 10.7 Å². The summed E-state index contributed by atoms with van der Waals surface area (Å²) in [5.41, 5.74) is -3.27. The zero-order chi connectivity index (χ0) is 13.9. The smallest absolute Gasteiger partial charge is 0.417 e. The van der Waals surface area contributed by atoms with Gasteiger partial charge in [0, 0.05) is 11.8 Å². The number of alkyl halides is 3. The number of H-pyrrole nitrogens is 1. The molecule has 5 nitrogen and oxygen atoms in total. The van der Waals surface area contributed by atoms with Crippen LogP contribution in [0.4, 0.5) is 13.2 Å². The van der Waals surface area contributed by atoms with Crippen molar-refractivity contribution in [3.8, 4) is 6.07 Å². The van der Waals surface area contributed by atoms with E-state index in [-0.39, 0.29) is 6.07 Å². The normalized spacial score (nSPS) is 11.0. The third-order valence-electron chi connectivity index (χ3n) is 1.76. The first-order chi connectivity index (χ1) is 8.25. The largest absolute Gasteiger partial charge is 0.549 e. The van der Waals surface area contributed by atoms with Crippen LogP contribution in [-0.2, 0) is 11.0 Å². The lowest BCUT2D eigenvalue weighted by Gasteiger charge is -2.11. The molecule has 0 amide bonds. The fourth-order valence-electron chi connectivity index (χ4n) is 1.11. The summed E-state index contributed by atoms with van der Waals surface area (Å²) in [5, 5.41) is 18.4. The monoisotopic (exact) mass is 277 g/mol. The van der Waals surface area contributed by atoms with Crippen LogP contribution in [0.2, 0.25) is 0 Å². The Balaban J connectivity index is 3.35. The minimum Gasteiger partial charge on any atom is -0.549 e. The van der Waals surface area contributed by atoms with E-state index in [4.69, 9.17) is 5.26 Å². The highest BCUT2D eigenvalue weighted by molar-refractivity contribution is 7.99. The molecule has 0 saturated carbocycles. The lowest BCUT2D eigenvalue weighted by molar-refractivity contribution is -0.301. The molecule has 0 saturated heterocycles. The number of thioether (sulfide) groups is 1. The molecule has 0 aliphatic carbocycles. The standard InChI is InChI=1S/C9H5F3N2O3S/c10-9(11,12)5-1-6(15)14-8(4(5)2-13)18-3-7(16)17/h1H,3H2,(H,14,15)(H,16,17)/p-1. The molecule has 96 valence electrons. The summed E-state index contributed by atoms with van der Waals surface area (Å²) < 4.78 is 37.7. The predicted molar refractivity (Wildman–Crippen MR) is 52.5 cm³/mol. The Hall–Kier alpha value is -1.95. The van der Waals surface area contributed by atoms with Crippen molar-refractivity contribution in [2.24, 2.45) is 0 Å². The second-order valence-corrected chi connectivity index (χ2v) is 4.01. The van der Waals surface area contributed by atoms with Crippen LogP contribution in [0.15, 0.2) is 15.9 Å². The maximum absolute atomic E-state index is 12.6. The van der Waals surface area contributed by atoms with Crippen LogP contribution in [0, 0.1) is 11.3 Å². The number of aromatic amines is 1. The quantitative estimate of drug-likeness (QED) is 0.791. The van der Waals surface area contributed by atoms with Gasteiger partial charge < -0.3 is 14.9 Å². The van der Waals surface area contributed by atoms with Gasteiger partial charge in [0.1, 0.15) is 6.07 Å². The number of nitrogens with zero attached hydrogens (tertiary/aromatic N) is 1. The van der Waals surface area contributed by atoms with E-state index in [0.717, 1.165) is 0 Å². The number of carbonyl (C=O) groups excluding carboxylic acids is 1. The summed E-state index contributed by atoms with van der Waals surface area (Å²) in [6.07, 6.45) is -4.86. The van der Waals surface area contributed by atoms with E-state index >= 15 is 0 Å². The van der Waals surface area contributed by atoms with Gasteiger partial charge in [0.05, 0.1) is 22.1 Å². The number of pyridine rings is 1. The molecule has 0 fully saturated rings. The Kier molecular flexibility index (Phi) is 4.03. The van der Waals surface area contributed by atoms with E-state index in [2.05, 4.69) is 0 Å². The van der Waals surface area contributed by atoms with Gasteiger partial charge in [-0.05, 0) is 0 Å². The minimum absolute atomic E-state index is 0.252. The van der Waals surface area contributed by atoms with E-state index in [0.29, 0.717) is 11.8 Å². The van der Waals surface area contributed by atoms with Crippen molar-refractivity contribution in [1.82, 2.24) is 4.98 Å². The highest BCUT2D eigenvalue weighted by Gasteiger charge is 2.35. The molecule has 0 unspecified atom stereocenters. The number of rotatable bonds is 3. The Morgan fingerprint density at radius 1 is 1.56 bits per heavy atom. The number of aromatic nitrogens is 1. The molecule has 1 heterocycles. The first-order valence-corrected chi connectivity index (χ1v) is 5.31. The van der Waals surface area contributed by atoms with Gasteiger partial charge in [-0.1, -0.05) is 0 Å². The highest BCUT2D eigenvalue weighted by atomic mass is 32.2. The molecule has 1 rings (SSSR count). The average Bonchev–Trinajstić information content (AvgIpc) is 2.24. The minimum atomic E-state index is -4.86. The van der Waals surface area contributed by atoms with Crippen LogP contribution in [0.25, 0.3) is 0 Å². The lowest BCUT2D eigenvalue weighted by atomic mass is 10.1. The Bertz CT molecular complexity index is 574. The second-order valence-electron chi connectivity index (χ2n) is 3.02. The third kappa shape index (κ3) is 3.27. The van der Waals surface area contributed by atoms with Crippen molar-refractivity contribution < 1.29 is 23.1 Å². The maximum Gasteiger partial charge on any atom is 0.417 e. The molecule has 0 spiro atoms. The molecular weight excluding hydrogens is 273 g/mol. The Labute approximate surface area is 102 Å². The number of halogens is 3. The van der Waals surface area contributed by atoms with Crippen LogP contribution >= 0.6 is 11.8 Å². The Morgan fingerprint density at radius 3 is 2.61 bits per heavy atom. The van der Waals surface area contributed by atoms with E-state index in [9.17, 15) is 27.9 Å². The number of carboxylic acids is 1. The van der Waals surface area contributed by atoms with Crippen molar-refractivity contribution in [2.75, 3.05) is 5.75 Å². The molecule has 0 bridgehead atoms. The van der Waals surface area contributed by atoms with E-state index < -0.39 is 39.6 Å². The number of carboxylic acid groups (broad SMARTS) is 1. The summed E-state index contributed by atoms with van der Waals surface area (Å²) in [6, 6.07) is 1.55. The van der Waals surface area contributed by atoms with E-state index in [1.54, 1.807) is 0 Å². The maximum atomic E-state index is 12.6. The summed E-state index contributed by atoms with van der Waals surface area (Å²) >= 11 is 0.384. The van der Waals surface area contributed by atoms with Crippen LogP contribution in [0.1, 0.15) is 11.1 Å². The van der Waals surface area contributed by atoms with Gasteiger partial charge in [0.2, 0.25) is 5.56 Å². The predicted octanol–water partition coefficient (Wildman–Crippen LogP) is 0.107. The molecule has 1 N–H and O–H groups in total. The van der Waals surface area contributed by atoms with Crippen molar-refractivity contribution >= 4 is 17.7 Å². The molecule has 0 radical (unpaired) electrons. The van der Waals surface area contributed by atoms with Gasteiger partial charge >= 0.3 is 6.18 Å². The molecule has 0 aliphatic rings. The fraction of sp³-hybridized carbons (Fsp3) is 0.222. The lowest BCUT2D eigenvalue weighted by Crippen LogP contribution is -2.25. The highest BCUT2D eigenvalue weighted by Crippen LogP contribution is 2.33. The topological polar surface area (TPSA) is 96.8 Å². The number of hydrogen-bond donors (Lipinski definition) is 1. The van der Waals surface area contributed by atoms with Gasteiger partial charge in [-0.2, -0.15) is 18.4 Å². The number of carbonyl (C=O) groups is 1. The van der Waals surface area contributed by atoms with Crippen molar-refractivity contribution in [1.29, 1.82) is 5.26 Å². The summed E-state index contributed by atoms with van der Waals surface area (Å²) in [5.74, 6) is -2.20. The molecule has 0 atom stereocenters. The fourth-order valence-corrected chi connectivity index (χ4v) is 1.84. The first-order valence-electron chi connectivity index (χ1n) is 4.33. The van der Waals surface area contributed by atoms with E-state index in [1.165, 1.54) is 6.07 Å². The van der Waals surface area contributed by atoms with Gasteiger partial charge in [0.25, 0.3) is 0 Å². The van der Waals surface area contributed by atoms with Crippen molar-refractivity contribution in [2.45, 2.75) is 11.2 Å². The van der Waals surface area contributed by atoms with Crippen molar-refractivity contribution in [3.63, 3.8) is 0 Å². The third-order valence-corrected chi connectivity index (χ3v) is 2.74. The summed E-state index contributed by atoms with van der Waals surface area (Å²) in [7, 11) is 0. The molecule has 9 heteroatoms. The molecule has 1 aromatic heterocycles. The van der Waals surface area contributed by atoms with Gasteiger partial charge in [-0.15, -0.1) is 11.8 Å². The number of hydrogen-bond acceptors (Lipinski definition) is 5. The Morgan fingerprint density at radius 2 is 2.17 bits per heavy atom. The number of nitrogens with one attached hydrogen (secondary N) is 1. The van der Waals surface area contributed by atoms with Crippen LogP contribution in [0.5, 0.6) is 0 Å². The summed E-state index contributed by atoms with van der Waals surface area (Å²) in [6.45, 7) is 0. The van der Waals surface area contributed by atoms with Crippen LogP contribution in [0.3, 0.4) is 0 Å². The van der Waals surface area contributed by atoms with Gasteiger partial charge in [-0.3, -0.25) is 4.79 Å². The molecule has 0 aromatic carbocycles. The summed E-state index contributed by atoms with van der Waals surface area (Å²) in [4.78, 5) is 23.2. The zero-order valence-electron chi connectivity index (χ0n) is 8.50. The van der Waals surface area contributed by atoms with Crippen molar-refractivity contribution in [3.05, 3.63) is 27.5 Å². The zero-order valence-corrected chi connectivity index (χ0v) is 9.32. The molecule has 18 heavy (non-hydrogen) atoms. The molecule has 1 aromatic rings. The SMILES string of the molecule is N#Cc1c(C(F)(F)F)cc(=O)[nH]c1SCC(=O)[O-]. The van der Waals surface area contributed by atoms with Gasteiger partial charge in [-0.25, -0.2) is 0 Å².